The SMILES string of the molecule is CC(=O)CC(=O)c1ccc(C(C)C)cc1C(C)C. The Morgan fingerprint density at radius 1 is 1.06 bits per heavy atom. The monoisotopic (exact) mass is 246 g/mol. The second kappa shape index (κ2) is 5.94. The number of hydrogen-bond donors (Lipinski definition) is 0. The molecule has 98 valence electrons. The maximum absolute atomic E-state index is 12.0. The van der Waals surface area contributed by atoms with Gasteiger partial charge in [-0.3, -0.25) is 9.59 Å². The van der Waals surface area contributed by atoms with Crippen LogP contribution in [0.3, 0.4) is 0 Å². The summed E-state index contributed by atoms with van der Waals surface area (Å²) in [6, 6.07) is 5.96. The van der Waals surface area contributed by atoms with E-state index >= 15 is 0 Å². The molecule has 0 atom stereocenters. The van der Waals surface area contributed by atoms with Crippen LogP contribution in [-0.2, 0) is 4.79 Å². The van der Waals surface area contributed by atoms with Gasteiger partial charge in [0.15, 0.2) is 5.78 Å². The minimum Gasteiger partial charge on any atom is -0.300 e. The summed E-state index contributed by atoms with van der Waals surface area (Å²) in [5, 5.41) is 0. The van der Waals surface area contributed by atoms with Crippen LogP contribution in [-0.4, -0.2) is 11.6 Å². The van der Waals surface area contributed by atoms with E-state index in [0.717, 1.165) is 5.56 Å². The molecule has 0 aliphatic carbocycles. The normalized spacial score (nSPS) is 11.1. The highest BCUT2D eigenvalue weighted by atomic mass is 16.1. The Hall–Kier alpha value is -1.44. The number of ketones is 2. The van der Waals surface area contributed by atoms with Crippen molar-refractivity contribution in [1.82, 2.24) is 0 Å². The van der Waals surface area contributed by atoms with Crippen molar-refractivity contribution in [3.8, 4) is 0 Å². The number of benzene rings is 1. The lowest BCUT2D eigenvalue weighted by Gasteiger charge is -2.15. The summed E-state index contributed by atoms with van der Waals surface area (Å²) < 4.78 is 0. The van der Waals surface area contributed by atoms with Crippen LogP contribution in [0.25, 0.3) is 0 Å². The van der Waals surface area contributed by atoms with Gasteiger partial charge in [-0.2, -0.15) is 0 Å². The van der Waals surface area contributed by atoms with Gasteiger partial charge in [0.05, 0.1) is 6.42 Å². The second-order valence-corrected chi connectivity index (χ2v) is 5.46. The zero-order valence-corrected chi connectivity index (χ0v) is 11.9. The van der Waals surface area contributed by atoms with Crippen LogP contribution in [0.5, 0.6) is 0 Å². The molecule has 0 N–H and O–H groups in total. The van der Waals surface area contributed by atoms with Crippen LogP contribution in [0.1, 0.15) is 74.4 Å². The van der Waals surface area contributed by atoms with E-state index in [1.54, 1.807) is 0 Å². The number of carbonyl (C=O) groups excluding carboxylic acids is 2. The molecule has 18 heavy (non-hydrogen) atoms. The average Bonchev–Trinajstić information content (AvgIpc) is 2.26. The molecule has 1 aromatic carbocycles. The summed E-state index contributed by atoms with van der Waals surface area (Å²) in [5.41, 5.74) is 2.98. The van der Waals surface area contributed by atoms with Crippen LogP contribution in [0.2, 0.25) is 0 Å². The molecule has 0 aromatic heterocycles. The molecule has 0 amide bonds. The maximum Gasteiger partial charge on any atom is 0.170 e. The number of carbonyl (C=O) groups is 2. The standard InChI is InChI=1S/C16H22O2/c1-10(2)13-6-7-14(15(9-13)11(3)4)16(18)8-12(5)17/h6-7,9-11H,8H2,1-5H3. The second-order valence-electron chi connectivity index (χ2n) is 5.46. The predicted octanol–water partition coefficient (Wildman–Crippen LogP) is 4.10. The molecule has 0 bridgehead atoms. The highest BCUT2D eigenvalue weighted by Gasteiger charge is 2.16. The topological polar surface area (TPSA) is 34.1 Å². The van der Waals surface area contributed by atoms with E-state index in [2.05, 4.69) is 33.8 Å². The molecule has 0 spiro atoms. The van der Waals surface area contributed by atoms with Gasteiger partial charge in [0.2, 0.25) is 0 Å². The Morgan fingerprint density at radius 3 is 2.11 bits per heavy atom. The fourth-order valence-electron chi connectivity index (χ4n) is 1.99. The maximum atomic E-state index is 12.0. The summed E-state index contributed by atoms with van der Waals surface area (Å²) in [6.45, 7) is 9.87. The minimum atomic E-state index is -0.0809. The van der Waals surface area contributed by atoms with Crippen molar-refractivity contribution in [2.24, 2.45) is 0 Å². The van der Waals surface area contributed by atoms with Gasteiger partial charge >= 0.3 is 0 Å². The Balaban J connectivity index is 3.19. The fraction of sp³-hybridized carbons (Fsp3) is 0.500. The molecule has 2 heteroatoms. The van der Waals surface area contributed by atoms with E-state index in [0.29, 0.717) is 11.5 Å². The third-order valence-corrected chi connectivity index (χ3v) is 3.07. The van der Waals surface area contributed by atoms with Crippen molar-refractivity contribution in [3.63, 3.8) is 0 Å². The van der Waals surface area contributed by atoms with E-state index in [4.69, 9.17) is 0 Å². The summed E-state index contributed by atoms with van der Waals surface area (Å²) >= 11 is 0. The third kappa shape index (κ3) is 3.52. The van der Waals surface area contributed by atoms with Gasteiger partial charge in [-0.05, 0) is 29.9 Å². The fourth-order valence-corrected chi connectivity index (χ4v) is 1.99. The first kappa shape index (κ1) is 14.6. The van der Waals surface area contributed by atoms with Gasteiger partial charge in [0.25, 0.3) is 0 Å². The first-order chi connectivity index (χ1) is 8.32. The van der Waals surface area contributed by atoms with Crippen LogP contribution >= 0.6 is 0 Å². The van der Waals surface area contributed by atoms with Gasteiger partial charge in [-0.25, -0.2) is 0 Å². The molecule has 1 aromatic rings. The molecule has 0 saturated heterocycles. The quantitative estimate of drug-likeness (QED) is 0.579. The van der Waals surface area contributed by atoms with E-state index < -0.39 is 0 Å². The minimum absolute atomic E-state index is 0.000739. The van der Waals surface area contributed by atoms with Gasteiger partial charge in [-0.1, -0.05) is 45.9 Å². The molecule has 0 fully saturated rings. The first-order valence-electron chi connectivity index (χ1n) is 6.49. The van der Waals surface area contributed by atoms with E-state index in [-0.39, 0.29) is 23.9 Å². The number of Topliss-reactive ketones (excluding diaryl/α,β-unsaturated/α-hetero) is 2. The Morgan fingerprint density at radius 2 is 1.67 bits per heavy atom. The third-order valence-electron chi connectivity index (χ3n) is 3.07. The zero-order chi connectivity index (χ0) is 13.9. The van der Waals surface area contributed by atoms with Crippen molar-refractivity contribution in [2.75, 3.05) is 0 Å². The van der Waals surface area contributed by atoms with Crippen LogP contribution < -0.4 is 0 Å². The Kier molecular flexibility index (Phi) is 4.83. The zero-order valence-electron chi connectivity index (χ0n) is 11.9. The van der Waals surface area contributed by atoms with Crippen molar-refractivity contribution < 1.29 is 9.59 Å². The van der Waals surface area contributed by atoms with Crippen LogP contribution in [0, 0.1) is 0 Å². The van der Waals surface area contributed by atoms with Crippen molar-refractivity contribution in [2.45, 2.75) is 52.9 Å². The molecule has 2 nitrogen and oxygen atoms in total. The van der Waals surface area contributed by atoms with Crippen molar-refractivity contribution in [1.29, 1.82) is 0 Å². The molecular weight excluding hydrogens is 224 g/mol. The van der Waals surface area contributed by atoms with Gasteiger partial charge in [0, 0.05) is 5.56 Å². The highest BCUT2D eigenvalue weighted by molar-refractivity contribution is 6.08. The lowest BCUT2D eigenvalue weighted by Crippen LogP contribution is -2.09. The molecule has 0 unspecified atom stereocenters. The smallest absolute Gasteiger partial charge is 0.170 e. The van der Waals surface area contributed by atoms with Crippen molar-refractivity contribution in [3.05, 3.63) is 34.9 Å². The number of rotatable bonds is 5. The highest BCUT2D eigenvalue weighted by Crippen LogP contribution is 2.25. The lowest BCUT2D eigenvalue weighted by molar-refractivity contribution is -0.116. The van der Waals surface area contributed by atoms with Gasteiger partial charge in [0.1, 0.15) is 5.78 Å². The van der Waals surface area contributed by atoms with Crippen LogP contribution in [0.4, 0.5) is 0 Å². The molecule has 0 radical (unpaired) electrons. The Bertz CT molecular complexity index is 456. The summed E-state index contributed by atoms with van der Waals surface area (Å²) in [5.74, 6) is 0.582. The average molecular weight is 246 g/mol. The van der Waals surface area contributed by atoms with Crippen LogP contribution in [0.15, 0.2) is 18.2 Å². The molecule has 0 aliphatic rings. The number of hydrogen-bond acceptors (Lipinski definition) is 2. The molecule has 0 aliphatic heterocycles. The lowest BCUT2D eigenvalue weighted by atomic mass is 9.89. The molecule has 0 saturated carbocycles. The van der Waals surface area contributed by atoms with Crippen molar-refractivity contribution >= 4 is 11.6 Å². The molecule has 1 rings (SSSR count). The Labute approximate surface area is 109 Å². The summed E-state index contributed by atoms with van der Waals surface area (Å²) in [6.07, 6.45) is 0.000739. The van der Waals surface area contributed by atoms with Gasteiger partial charge in [-0.15, -0.1) is 0 Å². The first-order valence-corrected chi connectivity index (χ1v) is 6.49. The largest absolute Gasteiger partial charge is 0.300 e. The predicted molar refractivity (Wildman–Crippen MR) is 74.2 cm³/mol. The van der Waals surface area contributed by atoms with Gasteiger partial charge < -0.3 is 0 Å². The summed E-state index contributed by atoms with van der Waals surface area (Å²) in [4.78, 5) is 23.1. The van der Waals surface area contributed by atoms with E-state index in [1.165, 1.54) is 12.5 Å². The van der Waals surface area contributed by atoms with E-state index in [9.17, 15) is 9.59 Å². The van der Waals surface area contributed by atoms with E-state index in [1.807, 2.05) is 12.1 Å². The summed E-state index contributed by atoms with van der Waals surface area (Å²) in [7, 11) is 0. The molecule has 0 heterocycles. The molecular formula is C16H22O2.